The summed E-state index contributed by atoms with van der Waals surface area (Å²) >= 11 is 0. The first kappa shape index (κ1) is 11.1. The van der Waals surface area contributed by atoms with Gasteiger partial charge in [0.1, 0.15) is 5.82 Å². The molecular formula is C15H17F. The molecule has 0 N–H and O–H groups in total. The molecule has 1 heteroatoms. The molecule has 1 aliphatic carbocycles. The molecule has 0 spiro atoms. The van der Waals surface area contributed by atoms with Crippen molar-refractivity contribution in [1.82, 2.24) is 0 Å². The van der Waals surface area contributed by atoms with E-state index in [4.69, 9.17) is 0 Å². The van der Waals surface area contributed by atoms with Crippen molar-refractivity contribution in [3.63, 3.8) is 0 Å². The van der Waals surface area contributed by atoms with Gasteiger partial charge in [-0.1, -0.05) is 44.2 Å². The average Bonchev–Trinajstić information content (AvgIpc) is 2.29. The van der Waals surface area contributed by atoms with Crippen LogP contribution in [0, 0.1) is 5.82 Å². The fourth-order valence-corrected chi connectivity index (χ4v) is 2.00. The van der Waals surface area contributed by atoms with Gasteiger partial charge in [-0.2, -0.15) is 0 Å². The monoisotopic (exact) mass is 216 g/mol. The summed E-state index contributed by atoms with van der Waals surface area (Å²) < 4.78 is 13.8. The Balaban J connectivity index is 2.34. The molecule has 0 heterocycles. The lowest BCUT2D eigenvalue weighted by atomic mass is 9.95. The molecule has 1 aromatic carbocycles. The van der Waals surface area contributed by atoms with Gasteiger partial charge in [0.25, 0.3) is 0 Å². The second-order valence-corrected chi connectivity index (χ2v) is 4.53. The van der Waals surface area contributed by atoms with Crippen molar-refractivity contribution in [2.75, 3.05) is 0 Å². The zero-order valence-corrected chi connectivity index (χ0v) is 9.83. The van der Waals surface area contributed by atoms with Crippen molar-refractivity contribution in [3.8, 4) is 0 Å². The molecule has 0 bridgehead atoms. The Hall–Kier alpha value is -1.37. The quantitative estimate of drug-likeness (QED) is 0.673. The summed E-state index contributed by atoms with van der Waals surface area (Å²) in [6, 6.07) is 5.56. The minimum atomic E-state index is -0.0904. The number of halogens is 1. The van der Waals surface area contributed by atoms with E-state index in [1.807, 2.05) is 26.0 Å². The van der Waals surface area contributed by atoms with Crippen LogP contribution in [-0.2, 0) is 0 Å². The predicted molar refractivity (Wildman–Crippen MR) is 66.8 cm³/mol. The van der Waals surface area contributed by atoms with E-state index in [1.165, 1.54) is 0 Å². The third-order valence-corrected chi connectivity index (χ3v) is 2.95. The highest BCUT2D eigenvalue weighted by Crippen LogP contribution is 2.25. The maximum Gasteiger partial charge on any atom is 0.127 e. The largest absolute Gasteiger partial charge is 0.207 e. The number of allylic oxidation sites excluding steroid dienone is 4. The molecule has 0 nitrogen and oxygen atoms in total. The van der Waals surface area contributed by atoms with E-state index < -0.39 is 0 Å². The van der Waals surface area contributed by atoms with E-state index >= 15 is 0 Å². The maximum atomic E-state index is 13.8. The number of benzene rings is 1. The van der Waals surface area contributed by atoms with Crippen molar-refractivity contribution in [2.45, 2.75) is 32.6 Å². The van der Waals surface area contributed by atoms with Gasteiger partial charge in [0, 0.05) is 0 Å². The summed E-state index contributed by atoms with van der Waals surface area (Å²) in [7, 11) is 0. The number of hydrogen-bond donors (Lipinski definition) is 0. The molecule has 0 aromatic heterocycles. The molecule has 84 valence electrons. The van der Waals surface area contributed by atoms with Gasteiger partial charge >= 0.3 is 0 Å². The van der Waals surface area contributed by atoms with Crippen LogP contribution in [0.25, 0.3) is 5.57 Å². The Bertz CT molecular complexity index is 439. The zero-order valence-electron chi connectivity index (χ0n) is 9.83. The van der Waals surface area contributed by atoms with E-state index in [1.54, 1.807) is 6.07 Å². The second-order valence-electron chi connectivity index (χ2n) is 4.53. The molecule has 16 heavy (non-hydrogen) atoms. The SMILES string of the molecule is CC(C)c1ccc(C2=CCCC=C2)cc1F. The molecule has 1 aliphatic rings. The molecule has 0 atom stereocenters. The molecule has 0 unspecified atom stereocenters. The van der Waals surface area contributed by atoms with E-state index in [2.05, 4.69) is 18.2 Å². The van der Waals surface area contributed by atoms with Gasteiger partial charge in [-0.05, 0) is 41.5 Å². The lowest BCUT2D eigenvalue weighted by molar-refractivity contribution is 0.598. The molecule has 1 aromatic rings. The molecule has 0 fully saturated rings. The molecule has 0 aliphatic heterocycles. The summed E-state index contributed by atoms with van der Waals surface area (Å²) in [5.74, 6) is 0.150. The molecule has 0 radical (unpaired) electrons. The van der Waals surface area contributed by atoms with E-state index in [-0.39, 0.29) is 11.7 Å². The first-order chi connectivity index (χ1) is 7.68. The Morgan fingerprint density at radius 3 is 2.56 bits per heavy atom. The third-order valence-electron chi connectivity index (χ3n) is 2.95. The highest BCUT2D eigenvalue weighted by molar-refractivity contribution is 5.74. The highest BCUT2D eigenvalue weighted by atomic mass is 19.1. The van der Waals surface area contributed by atoms with Crippen molar-refractivity contribution < 1.29 is 4.39 Å². The smallest absolute Gasteiger partial charge is 0.127 e. The van der Waals surface area contributed by atoms with E-state index in [0.29, 0.717) is 0 Å². The van der Waals surface area contributed by atoms with Crippen LogP contribution in [-0.4, -0.2) is 0 Å². The summed E-state index contributed by atoms with van der Waals surface area (Å²) in [6.07, 6.45) is 8.54. The normalized spacial score (nSPS) is 15.4. The van der Waals surface area contributed by atoms with E-state index in [9.17, 15) is 4.39 Å². The zero-order chi connectivity index (χ0) is 11.5. The Kier molecular flexibility index (Phi) is 3.23. The molecular weight excluding hydrogens is 199 g/mol. The summed E-state index contributed by atoms with van der Waals surface area (Å²) in [6.45, 7) is 4.02. The minimum Gasteiger partial charge on any atom is -0.207 e. The van der Waals surface area contributed by atoms with Crippen molar-refractivity contribution in [1.29, 1.82) is 0 Å². The van der Waals surface area contributed by atoms with E-state index in [0.717, 1.165) is 29.5 Å². The van der Waals surface area contributed by atoms with Crippen LogP contribution >= 0.6 is 0 Å². The van der Waals surface area contributed by atoms with Crippen molar-refractivity contribution in [2.24, 2.45) is 0 Å². The summed E-state index contributed by atoms with van der Waals surface area (Å²) in [5, 5.41) is 0. The first-order valence-electron chi connectivity index (χ1n) is 5.85. The van der Waals surface area contributed by atoms with Crippen LogP contribution in [0.2, 0.25) is 0 Å². The van der Waals surface area contributed by atoms with Crippen LogP contribution < -0.4 is 0 Å². The van der Waals surface area contributed by atoms with Gasteiger partial charge in [0.15, 0.2) is 0 Å². The minimum absolute atomic E-state index is 0.0904. The molecule has 0 saturated heterocycles. The fourth-order valence-electron chi connectivity index (χ4n) is 2.00. The van der Waals surface area contributed by atoms with Crippen molar-refractivity contribution in [3.05, 3.63) is 53.4 Å². The number of hydrogen-bond acceptors (Lipinski definition) is 0. The van der Waals surface area contributed by atoms with Gasteiger partial charge in [0.2, 0.25) is 0 Å². The van der Waals surface area contributed by atoms with Gasteiger partial charge in [-0.3, -0.25) is 0 Å². The average molecular weight is 216 g/mol. The Morgan fingerprint density at radius 2 is 2.00 bits per heavy atom. The van der Waals surface area contributed by atoms with Gasteiger partial charge in [0.05, 0.1) is 0 Å². The Labute approximate surface area is 96.5 Å². The van der Waals surface area contributed by atoms with Crippen LogP contribution in [0.4, 0.5) is 4.39 Å². The second kappa shape index (κ2) is 4.65. The number of rotatable bonds is 2. The Morgan fingerprint density at radius 1 is 1.19 bits per heavy atom. The van der Waals surface area contributed by atoms with Gasteiger partial charge < -0.3 is 0 Å². The first-order valence-corrected chi connectivity index (χ1v) is 5.85. The molecule has 0 amide bonds. The maximum absolute atomic E-state index is 13.8. The van der Waals surface area contributed by atoms with Gasteiger partial charge in [-0.15, -0.1) is 0 Å². The topological polar surface area (TPSA) is 0 Å². The molecule has 2 rings (SSSR count). The highest BCUT2D eigenvalue weighted by Gasteiger charge is 2.09. The third kappa shape index (κ3) is 2.24. The lowest BCUT2D eigenvalue weighted by Gasteiger charge is -2.11. The van der Waals surface area contributed by atoms with Gasteiger partial charge in [-0.25, -0.2) is 4.39 Å². The van der Waals surface area contributed by atoms with Crippen LogP contribution in [0.5, 0.6) is 0 Å². The standard InChI is InChI=1S/C15H17F/c1-11(2)14-9-8-13(10-15(14)16)12-6-4-3-5-7-12/h4,6-11H,3,5H2,1-2H3. The van der Waals surface area contributed by atoms with Crippen molar-refractivity contribution >= 4 is 5.57 Å². The molecule has 0 saturated carbocycles. The van der Waals surface area contributed by atoms with Crippen LogP contribution in [0.1, 0.15) is 43.7 Å². The predicted octanol–water partition coefficient (Wildman–Crippen LogP) is 4.68. The summed E-state index contributed by atoms with van der Waals surface area (Å²) in [5.41, 5.74) is 2.92. The van der Waals surface area contributed by atoms with Crippen LogP contribution in [0.15, 0.2) is 36.4 Å². The fraction of sp³-hybridized carbons (Fsp3) is 0.333. The lowest BCUT2D eigenvalue weighted by Crippen LogP contribution is -1.95. The van der Waals surface area contributed by atoms with Crippen LogP contribution in [0.3, 0.4) is 0 Å². The summed E-state index contributed by atoms with van der Waals surface area (Å²) in [4.78, 5) is 0.